The van der Waals surface area contributed by atoms with Gasteiger partial charge in [-0.2, -0.15) is 0 Å². The van der Waals surface area contributed by atoms with E-state index in [2.05, 4.69) is 10.6 Å². The highest BCUT2D eigenvalue weighted by Crippen LogP contribution is 2.42. The molecular weight excluding hydrogens is 308 g/mol. The van der Waals surface area contributed by atoms with Gasteiger partial charge in [-0.1, -0.05) is 19.9 Å². The van der Waals surface area contributed by atoms with Crippen LogP contribution in [0.15, 0.2) is 29.5 Å². The van der Waals surface area contributed by atoms with Crippen LogP contribution in [0.25, 0.3) is 0 Å². The number of urea groups is 1. The highest BCUT2D eigenvalue weighted by atomic mass is 16.5. The van der Waals surface area contributed by atoms with Crippen molar-refractivity contribution in [3.63, 3.8) is 0 Å². The third kappa shape index (κ3) is 2.96. The van der Waals surface area contributed by atoms with Crippen molar-refractivity contribution < 1.29 is 19.4 Å². The molecule has 6 heteroatoms. The number of phenols is 1. The zero-order chi connectivity index (χ0) is 17.5. The first-order valence-corrected chi connectivity index (χ1v) is 8.10. The van der Waals surface area contributed by atoms with E-state index in [0.29, 0.717) is 42.0 Å². The number of allylic oxidation sites excluding steroid dienone is 1. The van der Waals surface area contributed by atoms with Crippen LogP contribution in [-0.2, 0) is 4.79 Å². The van der Waals surface area contributed by atoms with Crippen molar-refractivity contribution in [2.45, 2.75) is 39.7 Å². The number of phenolic OH excluding ortho intramolecular Hbond substituents is 1. The van der Waals surface area contributed by atoms with E-state index >= 15 is 0 Å². The van der Waals surface area contributed by atoms with Crippen LogP contribution in [0.5, 0.6) is 11.5 Å². The summed E-state index contributed by atoms with van der Waals surface area (Å²) in [5, 5.41) is 15.5. The average molecular weight is 330 g/mol. The van der Waals surface area contributed by atoms with Crippen molar-refractivity contribution in [1.29, 1.82) is 0 Å². The molecule has 1 heterocycles. The van der Waals surface area contributed by atoms with Gasteiger partial charge in [0.15, 0.2) is 17.3 Å². The molecule has 0 saturated heterocycles. The minimum atomic E-state index is -0.530. The maximum atomic E-state index is 12.7. The molecule has 3 rings (SSSR count). The van der Waals surface area contributed by atoms with Crippen LogP contribution in [0.2, 0.25) is 0 Å². The van der Waals surface area contributed by atoms with Crippen LogP contribution in [0.1, 0.15) is 45.2 Å². The molecule has 1 aromatic carbocycles. The molecule has 1 aromatic rings. The zero-order valence-corrected chi connectivity index (χ0v) is 14.1. The fourth-order valence-electron chi connectivity index (χ4n) is 3.39. The summed E-state index contributed by atoms with van der Waals surface area (Å²) in [5.41, 5.74) is 1.83. The fraction of sp³-hybridized carbons (Fsp3) is 0.444. The second kappa shape index (κ2) is 5.85. The van der Waals surface area contributed by atoms with Gasteiger partial charge in [-0.25, -0.2) is 4.79 Å². The van der Waals surface area contributed by atoms with Crippen molar-refractivity contribution in [3.05, 3.63) is 35.0 Å². The number of rotatable bonds is 3. The number of benzene rings is 1. The van der Waals surface area contributed by atoms with Crippen molar-refractivity contribution in [3.8, 4) is 11.5 Å². The van der Waals surface area contributed by atoms with Gasteiger partial charge >= 0.3 is 6.03 Å². The lowest BCUT2D eigenvalue weighted by Crippen LogP contribution is -2.48. The lowest BCUT2D eigenvalue weighted by Gasteiger charge is -2.38. The molecule has 0 bridgehead atoms. The number of hydrogen-bond donors (Lipinski definition) is 3. The third-order valence-corrected chi connectivity index (χ3v) is 4.37. The largest absolute Gasteiger partial charge is 0.504 e. The monoisotopic (exact) mass is 330 g/mol. The van der Waals surface area contributed by atoms with Crippen LogP contribution in [0, 0.1) is 5.41 Å². The molecule has 0 spiro atoms. The first-order chi connectivity index (χ1) is 11.3. The Kier molecular flexibility index (Phi) is 3.99. The molecule has 0 saturated carbocycles. The standard InChI is InChI=1S/C18H22N2O4/c1-4-24-14-7-10(5-6-12(14)21)16-15-11(19-17(23)20-16)8-18(2,3)9-13(15)22/h5-7,16,21H,4,8-9H2,1-3H3,(H2,19,20,23). The predicted octanol–water partition coefficient (Wildman–Crippen LogP) is 2.79. The molecule has 2 amide bonds. The first-order valence-electron chi connectivity index (χ1n) is 8.10. The maximum absolute atomic E-state index is 12.7. The topological polar surface area (TPSA) is 87.7 Å². The van der Waals surface area contributed by atoms with Crippen LogP contribution in [-0.4, -0.2) is 23.5 Å². The molecule has 24 heavy (non-hydrogen) atoms. The Balaban J connectivity index is 2.05. The molecule has 3 N–H and O–H groups in total. The molecule has 1 unspecified atom stereocenters. The Hall–Kier alpha value is -2.50. The third-order valence-electron chi connectivity index (χ3n) is 4.37. The molecule has 1 aliphatic heterocycles. The summed E-state index contributed by atoms with van der Waals surface area (Å²) in [6.07, 6.45) is 1.09. The summed E-state index contributed by atoms with van der Waals surface area (Å²) >= 11 is 0. The van der Waals surface area contributed by atoms with Crippen molar-refractivity contribution in [2.75, 3.05) is 6.61 Å². The summed E-state index contributed by atoms with van der Waals surface area (Å²) in [6, 6.07) is 4.04. The fourth-order valence-corrected chi connectivity index (χ4v) is 3.39. The number of nitrogens with one attached hydrogen (secondary N) is 2. The van der Waals surface area contributed by atoms with E-state index in [4.69, 9.17) is 4.74 Å². The number of amides is 2. The summed E-state index contributed by atoms with van der Waals surface area (Å²) in [4.78, 5) is 24.7. The lowest BCUT2D eigenvalue weighted by atomic mass is 9.73. The Bertz CT molecular complexity index is 737. The number of carbonyl (C=O) groups excluding carboxylic acids is 2. The van der Waals surface area contributed by atoms with Crippen molar-refractivity contribution in [2.24, 2.45) is 5.41 Å². The number of aromatic hydroxyl groups is 1. The molecule has 0 radical (unpaired) electrons. The quantitative estimate of drug-likeness (QED) is 0.795. The van der Waals surface area contributed by atoms with Crippen molar-refractivity contribution >= 4 is 11.8 Å². The van der Waals surface area contributed by atoms with Gasteiger partial charge in [-0.15, -0.1) is 0 Å². The second-order valence-electron chi connectivity index (χ2n) is 7.02. The van der Waals surface area contributed by atoms with E-state index in [9.17, 15) is 14.7 Å². The van der Waals surface area contributed by atoms with E-state index in [-0.39, 0.29) is 23.0 Å². The minimum absolute atomic E-state index is 0.0322. The molecule has 0 fully saturated rings. The molecule has 6 nitrogen and oxygen atoms in total. The van der Waals surface area contributed by atoms with E-state index < -0.39 is 6.04 Å². The van der Waals surface area contributed by atoms with E-state index in [0.717, 1.165) is 0 Å². The Morgan fingerprint density at radius 3 is 2.75 bits per heavy atom. The molecule has 1 atom stereocenters. The molecule has 0 aromatic heterocycles. The number of Topliss-reactive ketones (excluding diaryl/α,β-unsaturated/α-hetero) is 1. The van der Waals surface area contributed by atoms with Gasteiger partial charge < -0.3 is 20.5 Å². The normalized spacial score (nSPS) is 22.5. The van der Waals surface area contributed by atoms with Gasteiger partial charge in [0.1, 0.15) is 0 Å². The van der Waals surface area contributed by atoms with Crippen molar-refractivity contribution in [1.82, 2.24) is 10.6 Å². The lowest BCUT2D eigenvalue weighted by molar-refractivity contribution is -0.118. The predicted molar refractivity (Wildman–Crippen MR) is 88.7 cm³/mol. The second-order valence-corrected chi connectivity index (χ2v) is 7.02. The van der Waals surface area contributed by atoms with Gasteiger partial charge in [0, 0.05) is 17.7 Å². The van der Waals surface area contributed by atoms with Gasteiger partial charge in [-0.3, -0.25) is 4.79 Å². The summed E-state index contributed by atoms with van der Waals surface area (Å²) < 4.78 is 5.41. The number of carbonyl (C=O) groups is 2. The van der Waals surface area contributed by atoms with Gasteiger partial charge in [0.05, 0.1) is 12.6 Å². The van der Waals surface area contributed by atoms with Crippen LogP contribution >= 0.6 is 0 Å². The zero-order valence-electron chi connectivity index (χ0n) is 14.1. The summed E-state index contributed by atoms with van der Waals surface area (Å²) in [5.74, 6) is 0.407. The van der Waals surface area contributed by atoms with Gasteiger partial charge in [0.2, 0.25) is 0 Å². The molecule has 2 aliphatic rings. The van der Waals surface area contributed by atoms with E-state index in [1.54, 1.807) is 12.1 Å². The van der Waals surface area contributed by atoms with E-state index in [1.807, 2.05) is 20.8 Å². The van der Waals surface area contributed by atoms with Crippen LogP contribution < -0.4 is 15.4 Å². The first kappa shape index (κ1) is 16.4. The highest BCUT2D eigenvalue weighted by Gasteiger charge is 2.40. The van der Waals surface area contributed by atoms with E-state index in [1.165, 1.54) is 6.07 Å². The minimum Gasteiger partial charge on any atom is -0.504 e. The Morgan fingerprint density at radius 1 is 1.29 bits per heavy atom. The van der Waals surface area contributed by atoms with Gasteiger partial charge in [-0.05, 0) is 36.5 Å². The number of ketones is 1. The molecule has 128 valence electrons. The summed E-state index contributed by atoms with van der Waals surface area (Å²) in [6.45, 7) is 6.28. The van der Waals surface area contributed by atoms with Crippen LogP contribution in [0.3, 0.4) is 0 Å². The molecular formula is C18H22N2O4. The number of hydrogen-bond acceptors (Lipinski definition) is 4. The Labute approximate surface area is 140 Å². The van der Waals surface area contributed by atoms with Crippen LogP contribution in [0.4, 0.5) is 4.79 Å². The average Bonchev–Trinajstić information content (AvgIpc) is 2.47. The Morgan fingerprint density at radius 2 is 2.04 bits per heavy atom. The smallest absolute Gasteiger partial charge is 0.319 e. The van der Waals surface area contributed by atoms with Gasteiger partial charge in [0.25, 0.3) is 0 Å². The maximum Gasteiger partial charge on any atom is 0.319 e. The summed E-state index contributed by atoms with van der Waals surface area (Å²) in [7, 11) is 0. The highest BCUT2D eigenvalue weighted by molar-refractivity contribution is 6.01. The SMILES string of the molecule is CCOc1cc(C2NC(=O)NC3=C2C(=O)CC(C)(C)C3)ccc1O. The molecule has 1 aliphatic carbocycles. The number of ether oxygens (including phenoxy) is 1.